The summed E-state index contributed by atoms with van der Waals surface area (Å²) in [6.07, 6.45) is 3.28. The first kappa shape index (κ1) is 20.2. The van der Waals surface area contributed by atoms with E-state index in [0.29, 0.717) is 30.5 Å². The number of anilines is 1. The minimum atomic E-state index is -0.0682. The summed E-state index contributed by atoms with van der Waals surface area (Å²) in [5, 5.41) is 6.55. The lowest BCUT2D eigenvalue weighted by molar-refractivity contribution is -0.121. The summed E-state index contributed by atoms with van der Waals surface area (Å²) in [7, 11) is 0. The maximum atomic E-state index is 12.5. The molecule has 6 heteroatoms. The Morgan fingerprint density at radius 3 is 2.71 bits per heavy atom. The number of amides is 3. The number of hydrogen-bond donors (Lipinski definition) is 2. The van der Waals surface area contributed by atoms with Crippen molar-refractivity contribution in [3.05, 3.63) is 65.2 Å². The number of halogens is 1. The molecule has 148 valence electrons. The lowest BCUT2D eigenvalue weighted by Gasteiger charge is -2.32. The van der Waals surface area contributed by atoms with Crippen LogP contribution in [-0.4, -0.2) is 29.9 Å². The van der Waals surface area contributed by atoms with Crippen LogP contribution in [0, 0.1) is 5.92 Å². The molecule has 0 aromatic heterocycles. The fraction of sp³-hybridized carbons (Fsp3) is 0.364. The second-order valence-electron chi connectivity index (χ2n) is 7.20. The van der Waals surface area contributed by atoms with E-state index in [1.165, 1.54) is 0 Å². The smallest absolute Gasteiger partial charge is 0.321 e. The van der Waals surface area contributed by atoms with Gasteiger partial charge < -0.3 is 15.5 Å². The van der Waals surface area contributed by atoms with Crippen molar-refractivity contribution < 1.29 is 9.59 Å². The zero-order valence-electron chi connectivity index (χ0n) is 15.9. The van der Waals surface area contributed by atoms with Crippen molar-refractivity contribution in [3.8, 4) is 0 Å². The molecule has 0 radical (unpaired) electrons. The molecule has 5 nitrogen and oxygen atoms in total. The Bertz CT molecular complexity index is 797. The van der Waals surface area contributed by atoms with E-state index in [1.807, 2.05) is 59.5 Å². The van der Waals surface area contributed by atoms with Gasteiger partial charge in [-0.1, -0.05) is 41.9 Å². The minimum Gasteiger partial charge on any atom is -0.352 e. The van der Waals surface area contributed by atoms with Gasteiger partial charge in [0, 0.05) is 36.8 Å². The molecule has 28 heavy (non-hydrogen) atoms. The Hall–Kier alpha value is -2.53. The van der Waals surface area contributed by atoms with Gasteiger partial charge in [-0.2, -0.15) is 0 Å². The van der Waals surface area contributed by atoms with E-state index >= 15 is 0 Å². The molecule has 1 aliphatic rings. The van der Waals surface area contributed by atoms with Crippen molar-refractivity contribution in [2.45, 2.75) is 32.2 Å². The zero-order chi connectivity index (χ0) is 19.8. The third-order valence-corrected chi connectivity index (χ3v) is 5.22. The molecule has 0 aliphatic carbocycles. The van der Waals surface area contributed by atoms with E-state index < -0.39 is 0 Å². The summed E-state index contributed by atoms with van der Waals surface area (Å²) in [4.78, 5) is 26.5. The predicted molar refractivity (Wildman–Crippen MR) is 112 cm³/mol. The molecular weight excluding hydrogens is 374 g/mol. The van der Waals surface area contributed by atoms with Gasteiger partial charge in [-0.25, -0.2) is 4.79 Å². The first-order valence-corrected chi connectivity index (χ1v) is 10.1. The summed E-state index contributed by atoms with van der Waals surface area (Å²) in [5.41, 5.74) is 1.79. The van der Waals surface area contributed by atoms with Crippen LogP contribution in [0.15, 0.2) is 54.6 Å². The van der Waals surface area contributed by atoms with E-state index in [-0.39, 0.29) is 11.9 Å². The number of hydrogen-bond acceptors (Lipinski definition) is 2. The van der Waals surface area contributed by atoms with Crippen LogP contribution in [0.4, 0.5) is 10.5 Å². The topological polar surface area (TPSA) is 61.4 Å². The third kappa shape index (κ3) is 6.27. The van der Waals surface area contributed by atoms with Gasteiger partial charge in [0.2, 0.25) is 5.91 Å². The molecular formula is C22H26ClN3O2. The van der Waals surface area contributed by atoms with Crippen LogP contribution in [0.2, 0.25) is 5.02 Å². The fourth-order valence-electron chi connectivity index (χ4n) is 3.48. The van der Waals surface area contributed by atoms with E-state index in [0.717, 1.165) is 37.1 Å². The van der Waals surface area contributed by atoms with Gasteiger partial charge in [0.25, 0.3) is 0 Å². The summed E-state index contributed by atoms with van der Waals surface area (Å²) >= 11 is 5.96. The van der Waals surface area contributed by atoms with E-state index in [1.54, 1.807) is 0 Å². The largest absolute Gasteiger partial charge is 0.352 e. The van der Waals surface area contributed by atoms with Gasteiger partial charge in [0.1, 0.15) is 0 Å². The molecule has 0 spiro atoms. The molecule has 1 fully saturated rings. The number of urea groups is 1. The summed E-state index contributed by atoms with van der Waals surface area (Å²) in [6.45, 7) is 1.94. The Kier molecular flexibility index (Phi) is 7.31. The van der Waals surface area contributed by atoms with Crippen LogP contribution in [0.5, 0.6) is 0 Å². The quantitative estimate of drug-likeness (QED) is 0.740. The van der Waals surface area contributed by atoms with Crippen molar-refractivity contribution in [2.24, 2.45) is 5.92 Å². The summed E-state index contributed by atoms with van der Waals surface area (Å²) in [5.74, 6) is 0.387. The van der Waals surface area contributed by atoms with Crippen molar-refractivity contribution in [3.63, 3.8) is 0 Å². The second-order valence-corrected chi connectivity index (χ2v) is 7.63. The fourth-order valence-corrected chi connectivity index (χ4v) is 3.69. The predicted octanol–water partition coefficient (Wildman–Crippen LogP) is 4.68. The monoisotopic (exact) mass is 399 g/mol. The van der Waals surface area contributed by atoms with Crippen LogP contribution in [0.1, 0.15) is 31.2 Å². The van der Waals surface area contributed by atoms with E-state index in [9.17, 15) is 9.59 Å². The molecule has 0 unspecified atom stereocenters. The van der Waals surface area contributed by atoms with Gasteiger partial charge in [0.05, 0.1) is 0 Å². The molecule has 1 saturated heterocycles. The number of piperidine rings is 1. The molecule has 3 rings (SSSR count). The normalized spacial score (nSPS) is 16.5. The SMILES string of the molecule is O=C(CC[C@@H]1CCCN(C(=O)Nc2ccccc2)C1)NCc1cccc(Cl)c1. The molecule has 1 atom stereocenters. The number of carbonyl (C=O) groups excluding carboxylic acids is 2. The Morgan fingerprint density at radius 1 is 1.11 bits per heavy atom. The van der Waals surface area contributed by atoms with Crippen molar-refractivity contribution >= 4 is 29.2 Å². The highest BCUT2D eigenvalue weighted by Gasteiger charge is 2.24. The van der Waals surface area contributed by atoms with Crippen molar-refractivity contribution in [2.75, 3.05) is 18.4 Å². The van der Waals surface area contributed by atoms with Gasteiger partial charge in [-0.05, 0) is 55.0 Å². The van der Waals surface area contributed by atoms with Crippen LogP contribution in [-0.2, 0) is 11.3 Å². The van der Waals surface area contributed by atoms with E-state index in [4.69, 9.17) is 11.6 Å². The minimum absolute atomic E-state index is 0.0332. The number of para-hydroxylation sites is 1. The van der Waals surface area contributed by atoms with Gasteiger partial charge in [-0.3, -0.25) is 4.79 Å². The maximum absolute atomic E-state index is 12.5. The molecule has 3 amide bonds. The summed E-state index contributed by atoms with van der Waals surface area (Å²) in [6, 6.07) is 16.9. The molecule has 1 aliphatic heterocycles. The highest BCUT2D eigenvalue weighted by Crippen LogP contribution is 2.22. The summed E-state index contributed by atoms with van der Waals surface area (Å²) < 4.78 is 0. The molecule has 0 bridgehead atoms. The molecule has 2 N–H and O–H groups in total. The van der Waals surface area contributed by atoms with Gasteiger partial charge in [0.15, 0.2) is 0 Å². The van der Waals surface area contributed by atoms with Crippen molar-refractivity contribution in [1.29, 1.82) is 0 Å². The van der Waals surface area contributed by atoms with Gasteiger partial charge >= 0.3 is 6.03 Å². The Balaban J connectivity index is 1.40. The second kappa shape index (κ2) is 10.1. The van der Waals surface area contributed by atoms with Crippen LogP contribution in [0.25, 0.3) is 0 Å². The number of benzene rings is 2. The Labute approximate surface area is 171 Å². The maximum Gasteiger partial charge on any atom is 0.321 e. The molecule has 1 heterocycles. The number of nitrogens with one attached hydrogen (secondary N) is 2. The number of carbonyl (C=O) groups is 2. The molecule has 0 saturated carbocycles. The lowest BCUT2D eigenvalue weighted by Crippen LogP contribution is -2.42. The standard InChI is InChI=1S/C22H26ClN3O2/c23-19-8-4-6-18(14-19)15-24-21(27)12-11-17-7-5-13-26(16-17)22(28)25-20-9-2-1-3-10-20/h1-4,6,8-10,14,17H,5,7,11-13,15-16H2,(H,24,27)(H,25,28)/t17-/m0/s1. The number of nitrogens with zero attached hydrogens (tertiary/aromatic N) is 1. The van der Waals surface area contributed by atoms with E-state index in [2.05, 4.69) is 10.6 Å². The van der Waals surface area contributed by atoms with Crippen molar-refractivity contribution in [1.82, 2.24) is 10.2 Å². The lowest BCUT2D eigenvalue weighted by atomic mass is 9.93. The average molecular weight is 400 g/mol. The number of rotatable bonds is 6. The van der Waals surface area contributed by atoms with Gasteiger partial charge in [-0.15, -0.1) is 0 Å². The Morgan fingerprint density at radius 2 is 1.93 bits per heavy atom. The first-order valence-electron chi connectivity index (χ1n) is 9.72. The zero-order valence-corrected chi connectivity index (χ0v) is 16.6. The number of likely N-dealkylation sites (tertiary alicyclic amines) is 1. The third-order valence-electron chi connectivity index (χ3n) is 4.99. The highest BCUT2D eigenvalue weighted by molar-refractivity contribution is 6.30. The highest BCUT2D eigenvalue weighted by atomic mass is 35.5. The average Bonchev–Trinajstić information content (AvgIpc) is 2.72. The molecule has 2 aromatic carbocycles. The van der Waals surface area contributed by atoms with Crippen LogP contribution < -0.4 is 10.6 Å². The van der Waals surface area contributed by atoms with Crippen LogP contribution in [0.3, 0.4) is 0 Å². The van der Waals surface area contributed by atoms with Crippen LogP contribution >= 0.6 is 11.6 Å². The first-order chi connectivity index (χ1) is 13.6. The molecule has 2 aromatic rings.